The van der Waals surface area contributed by atoms with Crippen molar-refractivity contribution in [1.82, 2.24) is 29.1 Å². The molecule has 0 saturated heterocycles. The predicted molar refractivity (Wildman–Crippen MR) is 261 cm³/mol. The molecule has 0 radical (unpaired) electrons. The number of hydrogen-bond acceptors (Lipinski definition) is 5. The molecule has 0 amide bonds. The van der Waals surface area contributed by atoms with E-state index in [9.17, 15) is 0 Å². The summed E-state index contributed by atoms with van der Waals surface area (Å²) in [6, 6.07) is 70.8. The van der Waals surface area contributed by atoms with Gasteiger partial charge in [-0.15, -0.1) is 11.3 Å². The van der Waals surface area contributed by atoms with Crippen LogP contribution in [0.1, 0.15) is 0 Å². The second-order valence-corrected chi connectivity index (χ2v) is 17.0. The zero-order chi connectivity index (χ0) is 41.4. The SMILES string of the molecule is c1ccc(-c2nc(-c3ccccc3)nc(-n3c4ccccc4c4cc(-c5ccc6c7ccccc7n(-c7ccc(-c8cc9c(cn8)sc8ccccc89)cc7)c6c5)ccc43)n2)cc1. The van der Waals surface area contributed by atoms with Crippen molar-refractivity contribution < 1.29 is 0 Å². The Morgan fingerprint density at radius 2 is 0.889 bits per heavy atom. The Labute approximate surface area is 365 Å². The molecular formula is C56H34N6S. The van der Waals surface area contributed by atoms with E-state index >= 15 is 0 Å². The van der Waals surface area contributed by atoms with Gasteiger partial charge >= 0.3 is 0 Å². The van der Waals surface area contributed by atoms with E-state index in [2.05, 4.69) is 149 Å². The molecule has 0 atom stereocenters. The van der Waals surface area contributed by atoms with Crippen molar-refractivity contribution in [2.75, 3.05) is 0 Å². The predicted octanol–water partition coefficient (Wildman–Crippen LogP) is 14.5. The quantitative estimate of drug-likeness (QED) is 0.168. The van der Waals surface area contributed by atoms with Crippen molar-refractivity contribution in [1.29, 1.82) is 0 Å². The van der Waals surface area contributed by atoms with Crippen LogP contribution in [0.15, 0.2) is 206 Å². The van der Waals surface area contributed by atoms with Gasteiger partial charge in [0.1, 0.15) is 0 Å². The number of nitrogens with zero attached hydrogens (tertiary/aromatic N) is 6. The summed E-state index contributed by atoms with van der Waals surface area (Å²) >= 11 is 1.79. The van der Waals surface area contributed by atoms with Gasteiger partial charge in [0, 0.05) is 65.6 Å². The average Bonchev–Trinajstić information content (AvgIpc) is 4.01. The number of fused-ring (bicyclic) bond motifs is 9. The normalized spacial score (nSPS) is 11.8. The fourth-order valence-corrected chi connectivity index (χ4v) is 10.3. The summed E-state index contributed by atoms with van der Waals surface area (Å²) in [6.07, 6.45) is 2.02. The van der Waals surface area contributed by atoms with E-state index in [1.54, 1.807) is 11.3 Å². The van der Waals surface area contributed by atoms with Crippen LogP contribution in [0.2, 0.25) is 0 Å². The molecule has 6 nitrogen and oxygen atoms in total. The fraction of sp³-hybridized carbons (Fsp3) is 0. The number of benzene rings is 8. The Kier molecular flexibility index (Phi) is 7.98. The largest absolute Gasteiger partial charge is 0.309 e. The van der Waals surface area contributed by atoms with Crippen LogP contribution in [0.5, 0.6) is 0 Å². The molecule has 13 rings (SSSR count). The molecule has 0 aliphatic carbocycles. The molecule has 0 N–H and O–H groups in total. The monoisotopic (exact) mass is 822 g/mol. The molecule has 8 aromatic carbocycles. The van der Waals surface area contributed by atoms with E-state index < -0.39 is 0 Å². The zero-order valence-corrected chi connectivity index (χ0v) is 34.5. The number of hydrogen-bond donors (Lipinski definition) is 0. The van der Waals surface area contributed by atoms with Crippen molar-refractivity contribution >= 4 is 75.1 Å². The number of rotatable bonds is 6. The standard InChI is InChI=1S/C56H34N6S/c1-3-13-36(14-4-1)54-58-55(37-15-5-2-6-16-37)60-56(59-54)62-49-21-11-8-18-42(49)45-31-38(26-30-50(45)62)39-25-29-43-41-17-7-10-20-48(41)61(51(43)32-39)40-27-23-35(24-28-40)47-33-46-44-19-9-12-22-52(44)63-53(46)34-57-47/h1-34H. The minimum atomic E-state index is 0.579. The van der Waals surface area contributed by atoms with Crippen LogP contribution < -0.4 is 0 Å². The van der Waals surface area contributed by atoms with Crippen LogP contribution in [0.25, 0.3) is 121 Å². The second kappa shape index (κ2) is 14.2. The minimum absolute atomic E-state index is 0.579. The summed E-state index contributed by atoms with van der Waals surface area (Å²) in [5, 5.41) is 7.23. The van der Waals surface area contributed by atoms with Gasteiger partial charge in [-0.25, -0.2) is 4.98 Å². The number of pyridine rings is 1. The highest BCUT2D eigenvalue weighted by atomic mass is 32.1. The lowest BCUT2D eigenvalue weighted by Crippen LogP contribution is -2.06. The zero-order valence-electron chi connectivity index (χ0n) is 33.7. The molecule has 5 heterocycles. The third kappa shape index (κ3) is 5.78. The maximum atomic E-state index is 5.12. The summed E-state index contributed by atoms with van der Waals surface area (Å²) < 4.78 is 7.06. The van der Waals surface area contributed by atoms with Crippen molar-refractivity contribution in [2.45, 2.75) is 0 Å². The van der Waals surface area contributed by atoms with Crippen LogP contribution in [-0.4, -0.2) is 29.1 Å². The molecule has 0 spiro atoms. The van der Waals surface area contributed by atoms with Gasteiger partial charge in [0.25, 0.3) is 0 Å². The van der Waals surface area contributed by atoms with E-state index in [-0.39, 0.29) is 0 Å². The van der Waals surface area contributed by atoms with Gasteiger partial charge in [-0.05, 0) is 65.7 Å². The van der Waals surface area contributed by atoms with Gasteiger partial charge in [-0.1, -0.05) is 146 Å². The second-order valence-electron chi connectivity index (χ2n) is 15.9. The molecule has 0 aliphatic heterocycles. The summed E-state index contributed by atoms with van der Waals surface area (Å²) in [5.74, 6) is 1.84. The topological polar surface area (TPSA) is 61.4 Å². The van der Waals surface area contributed by atoms with Gasteiger partial charge in [0.15, 0.2) is 11.6 Å². The summed E-state index contributed by atoms with van der Waals surface area (Å²) in [5.41, 5.74) is 11.7. The van der Waals surface area contributed by atoms with E-state index in [1.807, 2.05) is 66.9 Å². The molecule has 0 unspecified atom stereocenters. The smallest absolute Gasteiger partial charge is 0.238 e. The van der Waals surface area contributed by atoms with E-state index in [0.29, 0.717) is 17.6 Å². The molecule has 0 fully saturated rings. The summed E-state index contributed by atoms with van der Waals surface area (Å²) in [7, 11) is 0. The van der Waals surface area contributed by atoms with Crippen LogP contribution >= 0.6 is 11.3 Å². The maximum Gasteiger partial charge on any atom is 0.238 e. The average molecular weight is 823 g/mol. The minimum Gasteiger partial charge on any atom is -0.309 e. The molecule has 5 aromatic heterocycles. The lowest BCUT2D eigenvalue weighted by atomic mass is 10.0. The highest BCUT2D eigenvalue weighted by Crippen LogP contribution is 2.39. The molecule has 294 valence electrons. The van der Waals surface area contributed by atoms with Crippen molar-refractivity contribution in [2.24, 2.45) is 0 Å². The molecule has 0 aliphatic rings. The molecule has 0 saturated carbocycles. The van der Waals surface area contributed by atoms with Crippen molar-refractivity contribution in [3.8, 4) is 56.8 Å². The first kappa shape index (κ1) is 35.5. The Hall–Kier alpha value is -8.26. The van der Waals surface area contributed by atoms with E-state index in [0.717, 1.165) is 66.5 Å². The van der Waals surface area contributed by atoms with Crippen LogP contribution in [0.3, 0.4) is 0 Å². The Balaban J connectivity index is 0.937. The first-order valence-corrected chi connectivity index (χ1v) is 21.9. The van der Waals surface area contributed by atoms with Crippen molar-refractivity contribution in [3.63, 3.8) is 0 Å². The molecule has 13 aromatic rings. The first-order chi connectivity index (χ1) is 31.2. The number of para-hydroxylation sites is 2. The van der Waals surface area contributed by atoms with Gasteiger partial charge in [-0.3, -0.25) is 9.55 Å². The van der Waals surface area contributed by atoms with Crippen LogP contribution in [0, 0.1) is 0 Å². The molecule has 0 bridgehead atoms. The number of aromatic nitrogens is 6. The fourth-order valence-electron chi connectivity index (χ4n) is 9.26. The highest BCUT2D eigenvalue weighted by molar-refractivity contribution is 7.25. The van der Waals surface area contributed by atoms with Crippen LogP contribution in [0.4, 0.5) is 0 Å². The molecule has 7 heteroatoms. The molecular weight excluding hydrogens is 789 g/mol. The Morgan fingerprint density at radius 3 is 1.62 bits per heavy atom. The van der Waals surface area contributed by atoms with Gasteiger partial charge in [0.2, 0.25) is 5.95 Å². The van der Waals surface area contributed by atoms with Gasteiger partial charge in [-0.2, -0.15) is 9.97 Å². The highest BCUT2D eigenvalue weighted by Gasteiger charge is 2.20. The van der Waals surface area contributed by atoms with E-state index in [1.165, 1.54) is 36.5 Å². The summed E-state index contributed by atoms with van der Waals surface area (Å²) in [4.78, 5) is 20.1. The number of thiophene rings is 1. The third-order valence-electron chi connectivity index (χ3n) is 12.3. The maximum absolute atomic E-state index is 5.12. The first-order valence-electron chi connectivity index (χ1n) is 21.0. The lowest BCUT2D eigenvalue weighted by Gasteiger charge is -2.11. The molecule has 63 heavy (non-hydrogen) atoms. The lowest BCUT2D eigenvalue weighted by molar-refractivity contribution is 0.953. The van der Waals surface area contributed by atoms with Crippen molar-refractivity contribution in [3.05, 3.63) is 206 Å². The Morgan fingerprint density at radius 1 is 0.333 bits per heavy atom. The van der Waals surface area contributed by atoms with Gasteiger partial charge < -0.3 is 4.57 Å². The van der Waals surface area contributed by atoms with Gasteiger partial charge in [0.05, 0.1) is 32.5 Å². The van der Waals surface area contributed by atoms with E-state index in [4.69, 9.17) is 19.9 Å². The Bertz CT molecular complexity index is 3850. The summed E-state index contributed by atoms with van der Waals surface area (Å²) in [6.45, 7) is 0. The third-order valence-corrected chi connectivity index (χ3v) is 13.4. The van der Waals surface area contributed by atoms with Crippen LogP contribution in [-0.2, 0) is 0 Å².